The van der Waals surface area contributed by atoms with E-state index in [9.17, 15) is 45.8 Å². The van der Waals surface area contributed by atoms with Gasteiger partial charge in [-0.3, -0.25) is 4.79 Å². The van der Waals surface area contributed by atoms with Crippen LogP contribution in [0, 0.1) is 36.1 Å². The molecule has 5 rings (SSSR count). The summed E-state index contributed by atoms with van der Waals surface area (Å²) < 4.78 is 84.7. The summed E-state index contributed by atoms with van der Waals surface area (Å²) in [5.74, 6) is -10.9. The van der Waals surface area contributed by atoms with Crippen LogP contribution in [0.3, 0.4) is 0 Å². The van der Waals surface area contributed by atoms with Gasteiger partial charge in [0.05, 0.1) is 12.5 Å². The third-order valence-corrected chi connectivity index (χ3v) is 10.6. The SMILES string of the molecule is Cc1c(F)c(F)c(S(=O)(=O)N2CC[C@H](C(=O)N(Cc3ccc(C4CCCCC4)cc3)c3ccc(C(=O)O)c(O)c3)C2)c(F)c1F. The van der Waals surface area contributed by atoms with E-state index in [-0.39, 0.29) is 30.8 Å². The Morgan fingerprint density at radius 1 is 0.911 bits per heavy atom. The van der Waals surface area contributed by atoms with Crippen molar-refractivity contribution >= 4 is 27.6 Å². The van der Waals surface area contributed by atoms with Crippen LogP contribution in [0.5, 0.6) is 5.75 Å². The highest BCUT2D eigenvalue weighted by Crippen LogP contribution is 2.35. The number of carbonyl (C=O) groups excluding carboxylic acids is 1. The van der Waals surface area contributed by atoms with Gasteiger partial charge in [-0.1, -0.05) is 43.5 Å². The van der Waals surface area contributed by atoms with E-state index in [0.717, 1.165) is 44.7 Å². The van der Waals surface area contributed by atoms with Crippen LogP contribution in [0.25, 0.3) is 0 Å². The van der Waals surface area contributed by atoms with E-state index in [4.69, 9.17) is 0 Å². The summed E-state index contributed by atoms with van der Waals surface area (Å²) >= 11 is 0. The Morgan fingerprint density at radius 3 is 2.11 bits per heavy atom. The normalized spacial score (nSPS) is 17.8. The number of amides is 1. The lowest BCUT2D eigenvalue weighted by molar-refractivity contribution is -0.122. The van der Waals surface area contributed by atoms with Crippen molar-refractivity contribution in [2.45, 2.75) is 62.8 Å². The number of rotatable bonds is 8. The fraction of sp³-hybridized carbons (Fsp3) is 0.375. The second-order valence-corrected chi connectivity index (χ2v) is 13.4. The van der Waals surface area contributed by atoms with Crippen LogP contribution in [0.2, 0.25) is 0 Å². The van der Waals surface area contributed by atoms with Crippen molar-refractivity contribution in [1.29, 1.82) is 0 Å². The molecule has 0 bridgehead atoms. The van der Waals surface area contributed by atoms with Gasteiger partial charge in [-0.25, -0.2) is 30.8 Å². The zero-order chi connectivity index (χ0) is 32.6. The summed E-state index contributed by atoms with van der Waals surface area (Å²) in [6, 6.07) is 11.3. The molecule has 0 radical (unpaired) electrons. The third-order valence-electron chi connectivity index (χ3n) is 8.73. The van der Waals surface area contributed by atoms with Gasteiger partial charge in [0, 0.05) is 30.4 Å². The number of sulfonamides is 1. The number of hydrogen-bond acceptors (Lipinski definition) is 5. The van der Waals surface area contributed by atoms with Gasteiger partial charge < -0.3 is 15.1 Å². The first-order valence-corrected chi connectivity index (χ1v) is 16.0. The lowest BCUT2D eigenvalue weighted by atomic mass is 9.84. The van der Waals surface area contributed by atoms with Crippen molar-refractivity contribution < 1.29 is 45.8 Å². The molecule has 3 aromatic carbocycles. The minimum absolute atomic E-state index is 0.0173. The maximum absolute atomic E-state index is 14.6. The molecular formula is C32H32F4N2O6S. The van der Waals surface area contributed by atoms with Gasteiger partial charge in [-0.2, -0.15) is 4.31 Å². The predicted octanol–water partition coefficient (Wildman–Crippen LogP) is 6.25. The zero-order valence-corrected chi connectivity index (χ0v) is 25.2. The summed E-state index contributed by atoms with van der Waals surface area (Å²) in [7, 11) is -5.09. The number of hydrogen-bond donors (Lipinski definition) is 2. The number of halogens is 4. The van der Waals surface area contributed by atoms with E-state index in [1.54, 1.807) is 0 Å². The lowest BCUT2D eigenvalue weighted by Gasteiger charge is -2.27. The first-order valence-electron chi connectivity index (χ1n) is 14.6. The molecule has 1 saturated heterocycles. The van der Waals surface area contributed by atoms with E-state index in [1.807, 2.05) is 24.3 Å². The molecule has 1 aliphatic heterocycles. The average Bonchev–Trinajstić information content (AvgIpc) is 3.53. The number of carbonyl (C=O) groups is 2. The van der Waals surface area contributed by atoms with Crippen molar-refractivity contribution in [1.82, 2.24) is 4.31 Å². The second kappa shape index (κ2) is 12.8. The van der Waals surface area contributed by atoms with E-state index >= 15 is 0 Å². The van der Waals surface area contributed by atoms with Crippen LogP contribution < -0.4 is 4.90 Å². The molecule has 3 aromatic rings. The Labute approximate surface area is 257 Å². The highest BCUT2D eigenvalue weighted by atomic mass is 32.2. The molecule has 2 fully saturated rings. The number of phenols is 1. The number of anilines is 1. The molecule has 1 amide bonds. The van der Waals surface area contributed by atoms with Crippen LogP contribution in [-0.4, -0.2) is 47.9 Å². The van der Waals surface area contributed by atoms with E-state index in [1.165, 1.54) is 23.0 Å². The molecule has 2 aliphatic rings. The summed E-state index contributed by atoms with van der Waals surface area (Å²) in [4.78, 5) is 24.9. The predicted molar refractivity (Wildman–Crippen MR) is 156 cm³/mol. The average molecular weight is 649 g/mol. The summed E-state index contributed by atoms with van der Waals surface area (Å²) in [5.41, 5.74) is 0.641. The first kappa shape index (κ1) is 32.4. The fourth-order valence-corrected chi connectivity index (χ4v) is 7.74. The first-order chi connectivity index (χ1) is 21.3. The number of carboxylic acid groups (broad SMARTS) is 1. The van der Waals surface area contributed by atoms with Gasteiger partial charge >= 0.3 is 5.97 Å². The van der Waals surface area contributed by atoms with Crippen LogP contribution in [-0.2, 0) is 21.4 Å². The molecule has 2 N–H and O–H groups in total. The molecule has 1 atom stereocenters. The van der Waals surface area contributed by atoms with Gasteiger partial charge in [-0.15, -0.1) is 0 Å². The number of carboxylic acids is 1. The smallest absolute Gasteiger partial charge is 0.339 e. The van der Waals surface area contributed by atoms with Gasteiger partial charge in [0.25, 0.3) is 0 Å². The quantitative estimate of drug-likeness (QED) is 0.221. The molecular weight excluding hydrogens is 616 g/mol. The Balaban J connectivity index is 1.43. The number of aromatic carboxylic acids is 1. The fourth-order valence-electron chi connectivity index (χ4n) is 6.12. The highest BCUT2D eigenvalue weighted by Gasteiger charge is 2.42. The molecule has 0 unspecified atom stereocenters. The Kier molecular flexibility index (Phi) is 9.22. The molecule has 45 heavy (non-hydrogen) atoms. The van der Waals surface area contributed by atoms with Crippen LogP contribution >= 0.6 is 0 Å². The molecule has 0 aromatic heterocycles. The van der Waals surface area contributed by atoms with Crippen molar-refractivity contribution in [3.63, 3.8) is 0 Å². The second-order valence-electron chi connectivity index (χ2n) is 11.6. The molecule has 240 valence electrons. The Bertz CT molecular complexity index is 1710. The van der Waals surface area contributed by atoms with E-state index in [0.29, 0.717) is 15.8 Å². The Morgan fingerprint density at radius 2 is 1.53 bits per heavy atom. The lowest BCUT2D eigenvalue weighted by Crippen LogP contribution is -2.38. The van der Waals surface area contributed by atoms with Gasteiger partial charge in [0.1, 0.15) is 11.3 Å². The topological polar surface area (TPSA) is 115 Å². The molecule has 0 spiro atoms. The van der Waals surface area contributed by atoms with Gasteiger partial charge in [0.15, 0.2) is 28.2 Å². The monoisotopic (exact) mass is 648 g/mol. The van der Waals surface area contributed by atoms with Crippen LogP contribution in [0.15, 0.2) is 47.4 Å². The summed E-state index contributed by atoms with van der Waals surface area (Å²) in [5, 5.41) is 19.7. The molecule has 8 nitrogen and oxygen atoms in total. The third kappa shape index (κ3) is 6.28. The number of nitrogens with zero attached hydrogens (tertiary/aromatic N) is 2. The molecule has 1 heterocycles. The standard InChI is InChI=1S/C32H32F4N2O6S/c1-18-26(33)28(35)30(29(36)27(18)34)45(43,44)37-14-13-22(17-37)31(40)38(23-11-12-24(32(41)42)25(39)15-23)16-19-7-9-21(10-8-19)20-5-3-2-4-6-20/h7-12,15,20,22,39H,2-6,13-14,16-17H2,1H3,(H,41,42)/t22-/m0/s1. The van der Waals surface area contributed by atoms with Crippen molar-refractivity contribution in [3.05, 3.63) is 88.0 Å². The number of aromatic hydroxyl groups is 1. The van der Waals surface area contributed by atoms with Crippen molar-refractivity contribution in [3.8, 4) is 5.75 Å². The summed E-state index contributed by atoms with van der Waals surface area (Å²) in [6.45, 7) is -0.136. The minimum atomic E-state index is -5.09. The molecule has 1 saturated carbocycles. The van der Waals surface area contributed by atoms with Gasteiger partial charge in [-0.05, 0) is 55.4 Å². The highest BCUT2D eigenvalue weighted by molar-refractivity contribution is 7.89. The van der Waals surface area contributed by atoms with E-state index in [2.05, 4.69) is 0 Å². The van der Waals surface area contributed by atoms with E-state index < -0.39 is 73.8 Å². The molecule has 1 aliphatic carbocycles. The Hall–Kier alpha value is -3.97. The summed E-state index contributed by atoms with van der Waals surface area (Å²) in [6.07, 6.45) is 5.64. The zero-order valence-electron chi connectivity index (χ0n) is 24.4. The van der Waals surface area contributed by atoms with Gasteiger partial charge in [0.2, 0.25) is 15.9 Å². The van der Waals surface area contributed by atoms with Crippen LogP contribution in [0.1, 0.15) is 71.5 Å². The minimum Gasteiger partial charge on any atom is -0.507 e. The maximum Gasteiger partial charge on any atom is 0.339 e. The largest absolute Gasteiger partial charge is 0.507 e. The van der Waals surface area contributed by atoms with Crippen LogP contribution in [0.4, 0.5) is 23.2 Å². The number of benzene rings is 3. The van der Waals surface area contributed by atoms with Crippen molar-refractivity contribution in [2.75, 3.05) is 18.0 Å². The van der Waals surface area contributed by atoms with Crippen molar-refractivity contribution in [2.24, 2.45) is 5.92 Å². The molecule has 13 heteroatoms. The maximum atomic E-state index is 14.6.